The third kappa shape index (κ3) is 4.08. The summed E-state index contributed by atoms with van der Waals surface area (Å²) in [7, 11) is 0. The van der Waals surface area contributed by atoms with Gasteiger partial charge in [0.1, 0.15) is 17.1 Å². The zero-order chi connectivity index (χ0) is 22.0. The zero-order valence-corrected chi connectivity index (χ0v) is 18.3. The number of nitrogens with zero attached hydrogens (tertiary/aromatic N) is 2. The number of benzene rings is 2. The van der Waals surface area contributed by atoms with E-state index in [0.717, 1.165) is 24.0 Å². The summed E-state index contributed by atoms with van der Waals surface area (Å²) in [5, 5.41) is 17.8. The van der Waals surface area contributed by atoms with Crippen LogP contribution in [0.2, 0.25) is 0 Å². The Labute approximate surface area is 182 Å². The van der Waals surface area contributed by atoms with Crippen molar-refractivity contribution < 1.29 is 14.6 Å². The highest BCUT2D eigenvalue weighted by Crippen LogP contribution is 2.44. The van der Waals surface area contributed by atoms with E-state index in [0.29, 0.717) is 30.1 Å². The summed E-state index contributed by atoms with van der Waals surface area (Å²) >= 11 is 0. The molecule has 6 heteroatoms. The van der Waals surface area contributed by atoms with E-state index in [9.17, 15) is 9.90 Å². The number of aromatic nitrogens is 2. The predicted molar refractivity (Wildman–Crippen MR) is 120 cm³/mol. The number of hydrogen-bond acceptors (Lipinski definition) is 4. The van der Waals surface area contributed by atoms with Gasteiger partial charge in [0.2, 0.25) is 0 Å². The maximum atomic E-state index is 13.3. The number of rotatable bonds is 8. The molecule has 6 nitrogen and oxygen atoms in total. The van der Waals surface area contributed by atoms with E-state index in [1.807, 2.05) is 30.9 Å². The fourth-order valence-electron chi connectivity index (χ4n) is 4.14. The lowest BCUT2D eigenvalue weighted by atomic mass is 9.95. The van der Waals surface area contributed by atoms with Crippen molar-refractivity contribution in [2.75, 3.05) is 13.2 Å². The molecule has 0 bridgehead atoms. The van der Waals surface area contributed by atoms with Crippen LogP contribution in [0.4, 0.5) is 0 Å². The molecular weight excluding hydrogens is 390 g/mol. The molecule has 1 aliphatic heterocycles. The van der Waals surface area contributed by atoms with Crippen LogP contribution in [0.15, 0.2) is 48.5 Å². The van der Waals surface area contributed by atoms with Gasteiger partial charge >= 0.3 is 0 Å². The van der Waals surface area contributed by atoms with Crippen molar-refractivity contribution in [3.8, 4) is 17.0 Å². The van der Waals surface area contributed by atoms with Crippen LogP contribution < -0.4 is 0 Å². The Bertz CT molecular complexity index is 1060. The van der Waals surface area contributed by atoms with Gasteiger partial charge in [0, 0.05) is 24.3 Å². The summed E-state index contributed by atoms with van der Waals surface area (Å²) in [4.78, 5) is 15.2. The van der Waals surface area contributed by atoms with Gasteiger partial charge in [0.25, 0.3) is 5.91 Å². The number of fused-ring (bicyclic) bond motifs is 1. The number of H-pyrrole nitrogens is 1. The number of aryl methyl sites for hydroxylation is 1. The molecule has 0 saturated carbocycles. The summed E-state index contributed by atoms with van der Waals surface area (Å²) in [5.41, 5.74) is 4.83. The van der Waals surface area contributed by atoms with Crippen molar-refractivity contribution in [1.29, 1.82) is 0 Å². The molecule has 0 fully saturated rings. The van der Waals surface area contributed by atoms with Crippen LogP contribution in [0.5, 0.6) is 5.75 Å². The van der Waals surface area contributed by atoms with Crippen molar-refractivity contribution in [3.63, 3.8) is 0 Å². The average Bonchev–Trinajstić information content (AvgIpc) is 3.31. The Morgan fingerprint density at radius 3 is 2.58 bits per heavy atom. The molecule has 2 N–H and O–H groups in total. The monoisotopic (exact) mass is 419 g/mol. The van der Waals surface area contributed by atoms with Crippen molar-refractivity contribution in [3.05, 3.63) is 70.9 Å². The minimum absolute atomic E-state index is 0.0710. The maximum absolute atomic E-state index is 13.3. The average molecular weight is 420 g/mol. The van der Waals surface area contributed by atoms with E-state index in [-0.39, 0.29) is 23.8 Å². The van der Waals surface area contributed by atoms with Gasteiger partial charge in [-0.2, -0.15) is 5.10 Å². The highest BCUT2D eigenvalue weighted by atomic mass is 16.5. The van der Waals surface area contributed by atoms with Gasteiger partial charge in [0.15, 0.2) is 0 Å². The minimum atomic E-state index is -0.263. The van der Waals surface area contributed by atoms with E-state index in [2.05, 4.69) is 41.4 Å². The quantitative estimate of drug-likeness (QED) is 0.519. The second kappa shape index (κ2) is 8.94. The molecular formula is C25H29N3O3. The van der Waals surface area contributed by atoms with E-state index in [1.54, 1.807) is 12.1 Å². The van der Waals surface area contributed by atoms with Gasteiger partial charge in [-0.3, -0.25) is 9.89 Å². The van der Waals surface area contributed by atoms with Crippen LogP contribution in [-0.2, 0) is 11.2 Å². The van der Waals surface area contributed by atoms with Crippen molar-refractivity contribution in [2.24, 2.45) is 0 Å². The second-order valence-electron chi connectivity index (χ2n) is 8.15. The number of nitrogens with one attached hydrogen (secondary N) is 1. The van der Waals surface area contributed by atoms with Gasteiger partial charge < -0.3 is 14.7 Å². The van der Waals surface area contributed by atoms with Gasteiger partial charge in [-0.05, 0) is 49.9 Å². The first kappa shape index (κ1) is 21.1. The molecule has 0 spiro atoms. The molecule has 0 aliphatic carbocycles. The van der Waals surface area contributed by atoms with E-state index >= 15 is 0 Å². The first-order chi connectivity index (χ1) is 15.0. The molecule has 0 saturated heterocycles. The third-order valence-corrected chi connectivity index (χ3v) is 5.72. The highest BCUT2D eigenvalue weighted by Gasteiger charge is 2.42. The van der Waals surface area contributed by atoms with Gasteiger partial charge in [-0.1, -0.05) is 43.3 Å². The normalized spacial score (nSPS) is 15.7. The molecule has 2 aromatic carbocycles. The smallest absolute Gasteiger partial charge is 0.273 e. The van der Waals surface area contributed by atoms with E-state index < -0.39 is 0 Å². The Balaban J connectivity index is 1.74. The van der Waals surface area contributed by atoms with E-state index in [4.69, 9.17) is 4.74 Å². The van der Waals surface area contributed by atoms with Crippen LogP contribution in [-0.4, -0.2) is 45.4 Å². The van der Waals surface area contributed by atoms with Crippen molar-refractivity contribution in [2.45, 2.75) is 45.8 Å². The molecule has 1 atom stereocenters. The SMILES string of the molecule is CCc1ccc([C@H]2c3c(-c4ccccc4O)n[nH]c3C(=O)N2CCCOC(C)C)cc1. The summed E-state index contributed by atoms with van der Waals surface area (Å²) < 4.78 is 5.68. The molecule has 0 unspecified atom stereocenters. The number of aromatic amines is 1. The maximum Gasteiger partial charge on any atom is 0.273 e. The number of hydrogen-bond donors (Lipinski definition) is 2. The number of phenols is 1. The Morgan fingerprint density at radius 1 is 1.16 bits per heavy atom. The molecule has 2 heterocycles. The minimum Gasteiger partial charge on any atom is -0.507 e. The lowest BCUT2D eigenvalue weighted by Gasteiger charge is -2.26. The third-order valence-electron chi connectivity index (χ3n) is 5.72. The topological polar surface area (TPSA) is 78.5 Å². The Kier molecular flexibility index (Phi) is 6.09. The summed E-state index contributed by atoms with van der Waals surface area (Å²) in [6.07, 6.45) is 1.87. The second-order valence-corrected chi connectivity index (χ2v) is 8.15. The van der Waals surface area contributed by atoms with Crippen LogP contribution in [0.25, 0.3) is 11.3 Å². The predicted octanol–water partition coefficient (Wildman–Crippen LogP) is 4.71. The molecule has 31 heavy (non-hydrogen) atoms. The van der Waals surface area contributed by atoms with Crippen LogP contribution in [0.1, 0.15) is 60.4 Å². The number of amides is 1. The van der Waals surface area contributed by atoms with Crippen LogP contribution >= 0.6 is 0 Å². The van der Waals surface area contributed by atoms with Crippen molar-refractivity contribution in [1.82, 2.24) is 15.1 Å². The first-order valence-corrected chi connectivity index (χ1v) is 10.9. The number of carbonyl (C=O) groups is 1. The lowest BCUT2D eigenvalue weighted by molar-refractivity contribution is 0.0601. The molecule has 4 rings (SSSR count). The number of carbonyl (C=O) groups excluding carboxylic acids is 1. The standard InChI is InChI=1S/C25H29N3O3/c1-4-17-10-12-18(13-11-17)24-21-22(19-8-5-6-9-20(19)29)26-27-23(21)25(30)28(24)14-7-15-31-16(2)3/h5-6,8-13,16,24,29H,4,7,14-15H2,1-3H3,(H,26,27)/t24-/m0/s1. The number of para-hydroxylation sites is 1. The van der Waals surface area contributed by atoms with Gasteiger partial charge in [-0.25, -0.2) is 0 Å². The number of phenolic OH excluding ortho intramolecular Hbond substituents is 1. The summed E-state index contributed by atoms with van der Waals surface area (Å²) in [5.74, 6) is 0.0754. The Morgan fingerprint density at radius 2 is 1.90 bits per heavy atom. The highest BCUT2D eigenvalue weighted by molar-refractivity contribution is 6.00. The molecule has 3 aromatic rings. The summed E-state index contributed by atoms with van der Waals surface area (Å²) in [6, 6.07) is 15.2. The van der Waals surface area contributed by atoms with Crippen LogP contribution in [0, 0.1) is 0 Å². The van der Waals surface area contributed by atoms with E-state index in [1.165, 1.54) is 5.56 Å². The molecule has 1 aromatic heterocycles. The lowest BCUT2D eigenvalue weighted by Crippen LogP contribution is -2.31. The number of aromatic hydroxyl groups is 1. The van der Waals surface area contributed by atoms with Gasteiger partial charge in [0.05, 0.1) is 12.1 Å². The first-order valence-electron chi connectivity index (χ1n) is 10.9. The summed E-state index contributed by atoms with van der Waals surface area (Å²) in [6.45, 7) is 7.32. The fourth-order valence-corrected chi connectivity index (χ4v) is 4.14. The Hall–Kier alpha value is -3.12. The number of ether oxygens (including phenoxy) is 1. The fraction of sp³-hybridized carbons (Fsp3) is 0.360. The molecule has 0 radical (unpaired) electrons. The van der Waals surface area contributed by atoms with Crippen molar-refractivity contribution >= 4 is 5.91 Å². The molecule has 162 valence electrons. The molecule has 1 aliphatic rings. The largest absolute Gasteiger partial charge is 0.507 e. The van der Waals surface area contributed by atoms with Crippen LogP contribution in [0.3, 0.4) is 0 Å². The molecule has 1 amide bonds. The van der Waals surface area contributed by atoms with Gasteiger partial charge in [-0.15, -0.1) is 0 Å². The zero-order valence-electron chi connectivity index (χ0n) is 18.3.